The van der Waals surface area contributed by atoms with Gasteiger partial charge in [-0.15, -0.1) is 0 Å². The van der Waals surface area contributed by atoms with Crippen molar-refractivity contribution in [3.63, 3.8) is 0 Å². The number of carbonyl (C=O) groups is 2. The third kappa shape index (κ3) is 4.11. The van der Waals surface area contributed by atoms with Crippen LogP contribution in [0.2, 0.25) is 0 Å². The summed E-state index contributed by atoms with van der Waals surface area (Å²) in [6.45, 7) is 7.38. The number of likely N-dealkylation sites (tertiary alicyclic amines) is 2. The van der Waals surface area contributed by atoms with Gasteiger partial charge in [0.05, 0.1) is 12.9 Å². The lowest BCUT2D eigenvalue weighted by atomic mass is 9.91. The van der Waals surface area contributed by atoms with Gasteiger partial charge in [-0.25, -0.2) is 9.78 Å². The number of nitrogens with one attached hydrogen (secondary N) is 1. The van der Waals surface area contributed by atoms with E-state index >= 15 is 0 Å². The highest BCUT2D eigenvalue weighted by molar-refractivity contribution is 5.93. The number of hydrogen-bond acceptors (Lipinski definition) is 6. The minimum atomic E-state index is -0.453. The molecule has 1 aromatic rings. The average Bonchev–Trinajstić information content (AvgIpc) is 3.40. The van der Waals surface area contributed by atoms with Crippen LogP contribution in [0.1, 0.15) is 35.4 Å². The summed E-state index contributed by atoms with van der Waals surface area (Å²) in [6.07, 6.45) is 3.87. The van der Waals surface area contributed by atoms with E-state index in [1.54, 1.807) is 6.33 Å². The zero-order valence-corrected chi connectivity index (χ0v) is 17.7. The summed E-state index contributed by atoms with van der Waals surface area (Å²) in [5.74, 6) is -0.0516. The SMILES string of the molecule is Cc1[nH]cnc1C(=O)N1CCC2(CC1)CN(CCN1CC[C@@H](N(C)C)C1)C(=O)O2. The van der Waals surface area contributed by atoms with Crippen molar-refractivity contribution in [3.8, 4) is 0 Å². The Morgan fingerprint density at radius 2 is 2.07 bits per heavy atom. The molecule has 2 amide bonds. The fraction of sp³-hybridized carbons (Fsp3) is 0.750. The molecule has 4 heterocycles. The third-order valence-electron chi connectivity index (χ3n) is 6.70. The lowest BCUT2D eigenvalue weighted by molar-refractivity contribution is 0.00296. The van der Waals surface area contributed by atoms with Gasteiger partial charge in [0.15, 0.2) is 0 Å². The number of rotatable bonds is 5. The standard InChI is InChI=1S/C20H32N6O3/c1-15-17(22-14-21-15)18(27)25-8-5-20(6-9-25)13-26(19(28)29-20)11-10-24-7-4-16(12-24)23(2)3/h14,16H,4-13H2,1-3H3,(H,21,22)/t16-/m1/s1. The molecule has 9 nitrogen and oxygen atoms in total. The minimum Gasteiger partial charge on any atom is -0.441 e. The molecule has 3 fully saturated rings. The molecule has 29 heavy (non-hydrogen) atoms. The van der Waals surface area contributed by atoms with Crippen molar-refractivity contribution < 1.29 is 14.3 Å². The molecule has 0 saturated carbocycles. The predicted molar refractivity (Wildman–Crippen MR) is 108 cm³/mol. The third-order valence-corrected chi connectivity index (χ3v) is 6.70. The molecule has 3 saturated heterocycles. The van der Waals surface area contributed by atoms with Gasteiger partial charge in [0.25, 0.3) is 5.91 Å². The molecule has 0 bridgehead atoms. The van der Waals surface area contributed by atoms with Crippen LogP contribution in [0, 0.1) is 6.92 Å². The lowest BCUT2D eigenvalue weighted by Gasteiger charge is -2.37. The van der Waals surface area contributed by atoms with Crippen molar-refractivity contribution >= 4 is 12.0 Å². The maximum absolute atomic E-state index is 12.7. The van der Waals surface area contributed by atoms with Crippen LogP contribution in [0.15, 0.2) is 6.33 Å². The number of ether oxygens (including phenoxy) is 1. The summed E-state index contributed by atoms with van der Waals surface area (Å²) < 4.78 is 5.82. The molecule has 0 radical (unpaired) electrons. The number of likely N-dealkylation sites (N-methyl/N-ethyl adjacent to an activating group) is 1. The highest BCUT2D eigenvalue weighted by atomic mass is 16.6. The Morgan fingerprint density at radius 3 is 2.69 bits per heavy atom. The molecule has 9 heteroatoms. The molecule has 0 aliphatic carbocycles. The number of hydrogen-bond donors (Lipinski definition) is 1. The van der Waals surface area contributed by atoms with Gasteiger partial charge in [-0.1, -0.05) is 0 Å². The average molecular weight is 405 g/mol. The normalized spacial score (nSPS) is 24.7. The Labute approximate surface area is 172 Å². The number of amides is 2. The van der Waals surface area contributed by atoms with E-state index < -0.39 is 5.60 Å². The summed E-state index contributed by atoms with van der Waals surface area (Å²) in [7, 11) is 4.25. The second-order valence-electron chi connectivity index (χ2n) is 8.85. The van der Waals surface area contributed by atoms with Gasteiger partial charge in [0.1, 0.15) is 11.3 Å². The first-order valence-corrected chi connectivity index (χ1v) is 10.5. The summed E-state index contributed by atoms with van der Waals surface area (Å²) in [4.78, 5) is 40.6. The number of piperidine rings is 1. The Balaban J connectivity index is 1.27. The van der Waals surface area contributed by atoms with E-state index in [4.69, 9.17) is 4.74 Å². The van der Waals surface area contributed by atoms with Crippen LogP contribution in [0.4, 0.5) is 4.79 Å². The first-order chi connectivity index (χ1) is 13.9. The van der Waals surface area contributed by atoms with Gasteiger partial charge in [0.2, 0.25) is 0 Å². The maximum atomic E-state index is 12.7. The van der Waals surface area contributed by atoms with Crippen LogP contribution >= 0.6 is 0 Å². The molecule has 3 aliphatic heterocycles. The van der Waals surface area contributed by atoms with Gasteiger partial charge in [-0.05, 0) is 34.0 Å². The summed E-state index contributed by atoms with van der Waals surface area (Å²) in [5, 5.41) is 0. The molecular weight excluding hydrogens is 372 g/mol. The molecule has 1 atom stereocenters. The smallest absolute Gasteiger partial charge is 0.410 e. The van der Waals surface area contributed by atoms with Crippen molar-refractivity contribution in [1.29, 1.82) is 0 Å². The number of imidazole rings is 1. The highest BCUT2D eigenvalue weighted by Crippen LogP contribution is 2.33. The highest BCUT2D eigenvalue weighted by Gasteiger charge is 2.47. The molecule has 0 aromatic carbocycles. The second-order valence-corrected chi connectivity index (χ2v) is 8.85. The van der Waals surface area contributed by atoms with Crippen molar-refractivity contribution in [2.24, 2.45) is 0 Å². The van der Waals surface area contributed by atoms with Gasteiger partial charge >= 0.3 is 6.09 Å². The zero-order valence-electron chi connectivity index (χ0n) is 17.7. The van der Waals surface area contributed by atoms with E-state index in [0.717, 1.165) is 25.3 Å². The summed E-state index contributed by atoms with van der Waals surface area (Å²) in [6, 6.07) is 0.604. The predicted octanol–water partition coefficient (Wildman–Crippen LogP) is 0.781. The van der Waals surface area contributed by atoms with Crippen LogP contribution in [0.3, 0.4) is 0 Å². The lowest BCUT2D eigenvalue weighted by Crippen LogP contribution is -2.49. The molecule has 0 unspecified atom stereocenters. The molecule has 3 aliphatic rings. The van der Waals surface area contributed by atoms with Crippen LogP contribution in [-0.4, -0.2) is 113 Å². The van der Waals surface area contributed by atoms with E-state index in [2.05, 4.69) is 33.9 Å². The van der Waals surface area contributed by atoms with E-state index in [1.807, 2.05) is 16.7 Å². The van der Waals surface area contributed by atoms with Crippen LogP contribution in [0.5, 0.6) is 0 Å². The Kier molecular flexibility index (Phi) is 5.52. The number of aromatic nitrogens is 2. The monoisotopic (exact) mass is 404 g/mol. The fourth-order valence-electron chi connectivity index (χ4n) is 4.67. The topological polar surface area (TPSA) is 85.0 Å². The first kappa shape index (κ1) is 20.2. The largest absolute Gasteiger partial charge is 0.441 e. The van der Waals surface area contributed by atoms with Crippen molar-refractivity contribution in [3.05, 3.63) is 17.7 Å². The number of nitrogens with zero attached hydrogens (tertiary/aromatic N) is 5. The zero-order chi connectivity index (χ0) is 20.6. The molecule has 160 valence electrons. The van der Waals surface area contributed by atoms with Crippen molar-refractivity contribution in [2.75, 3.05) is 59.9 Å². The van der Waals surface area contributed by atoms with Gasteiger partial charge in [0, 0.05) is 57.3 Å². The van der Waals surface area contributed by atoms with Crippen LogP contribution in [0.25, 0.3) is 0 Å². The Bertz CT molecular complexity index is 755. The Morgan fingerprint density at radius 1 is 1.31 bits per heavy atom. The number of aromatic amines is 1. The number of H-pyrrole nitrogens is 1. The van der Waals surface area contributed by atoms with E-state index in [9.17, 15) is 9.59 Å². The van der Waals surface area contributed by atoms with Gasteiger partial charge < -0.3 is 24.4 Å². The van der Waals surface area contributed by atoms with E-state index in [0.29, 0.717) is 50.8 Å². The first-order valence-electron chi connectivity index (χ1n) is 10.5. The number of aryl methyl sites for hydroxylation is 1. The van der Waals surface area contributed by atoms with Crippen molar-refractivity contribution in [2.45, 2.75) is 37.8 Å². The quantitative estimate of drug-likeness (QED) is 0.781. The second kappa shape index (κ2) is 7.95. The van der Waals surface area contributed by atoms with E-state index in [-0.39, 0.29) is 12.0 Å². The summed E-state index contributed by atoms with van der Waals surface area (Å²) in [5.41, 5.74) is 0.811. The molecular formula is C20H32N6O3. The molecule has 1 N–H and O–H groups in total. The van der Waals surface area contributed by atoms with Gasteiger partial charge in [-0.2, -0.15) is 0 Å². The molecule has 4 rings (SSSR count). The Hall–Kier alpha value is -2.13. The van der Waals surface area contributed by atoms with Crippen LogP contribution < -0.4 is 0 Å². The van der Waals surface area contributed by atoms with E-state index in [1.165, 1.54) is 6.42 Å². The molecule has 1 aromatic heterocycles. The fourth-order valence-corrected chi connectivity index (χ4v) is 4.67. The van der Waals surface area contributed by atoms with Crippen molar-refractivity contribution in [1.82, 2.24) is 29.6 Å². The number of carbonyl (C=O) groups excluding carboxylic acids is 2. The minimum absolute atomic E-state index is 0.0516. The molecule has 1 spiro atoms. The maximum Gasteiger partial charge on any atom is 0.410 e. The van der Waals surface area contributed by atoms with Gasteiger partial charge in [-0.3, -0.25) is 9.69 Å². The summed E-state index contributed by atoms with van der Waals surface area (Å²) >= 11 is 0. The van der Waals surface area contributed by atoms with Crippen LogP contribution in [-0.2, 0) is 4.74 Å².